The first-order valence-electron chi connectivity index (χ1n) is 8.58. The zero-order valence-corrected chi connectivity index (χ0v) is 15.9. The number of carbonyl (C=O) groups excluding carboxylic acids is 1. The van der Waals surface area contributed by atoms with Gasteiger partial charge < -0.3 is 9.47 Å². The van der Waals surface area contributed by atoms with Crippen LogP contribution in [0, 0.1) is 0 Å². The normalized spacial score (nSPS) is 17.8. The fourth-order valence-corrected chi connectivity index (χ4v) is 4.18. The fraction of sp³-hybridized carbons (Fsp3) is 0.300. The molecule has 0 N–H and O–H groups in total. The molecule has 128 valence electrons. The largest absolute Gasteiger partial charge is 0.325 e. The minimum absolute atomic E-state index is 0.106. The minimum atomic E-state index is 0.106. The topological polar surface area (TPSA) is 38.1 Å². The van der Waals surface area contributed by atoms with E-state index in [4.69, 9.17) is 4.98 Å². The van der Waals surface area contributed by atoms with Crippen molar-refractivity contribution < 1.29 is 4.79 Å². The maximum absolute atomic E-state index is 12.7. The Morgan fingerprint density at radius 2 is 1.84 bits per heavy atom. The van der Waals surface area contributed by atoms with Crippen molar-refractivity contribution in [1.29, 1.82) is 0 Å². The monoisotopic (exact) mass is 397 g/mol. The van der Waals surface area contributed by atoms with Crippen LogP contribution in [0.15, 0.2) is 53.0 Å². The van der Waals surface area contributed by atoms with Gasteiger partial charge in [-0.25, -0.2) is 4.98 Å². The lowest BCUT2D eigenvalue weighted by Crippen LogP contribution is -2.25. The Bertz CT molecular complexity index is 947. The molecule has 1 aromatic heterocycles. The molecule has 3 aromatic rings. The first-order chi connectivity index (χ1) is 12.1. The predicted octanol–water partition coefficient (Wildman–Crippen LogP) is 4.90. The van der Waals surface area contributed by atoms with Gasteiger partial charge in [-0.05, 0) is 54.0 Å². The molecule has 5 heteroatoms. The van der Waals surface area contributed by atoms with Gasteiger partial charge in [-0.15, -0.1) is 0 Å². The number of para-hydroxylation sites is 3. The average Bonchev–Trinajstić information content (AvgIpc) is 3.16. The van der Waals surface area contributed by atoms with Crippen LogP contribution in [-0.4, -0.2) is 22.0 Å². The first-order valence-corrected chi connectivity index (χ1v) is 9.37. The van der Waals surface area contributed by atoms with E-state index in [1.54, 1.807) is 0 Å². The summed E-state index contributed by atoms with van der Waals surface area (Å²) in [6, 6.07) is 16.4. The highest BCUT2D eigenvalue weighted by Gasteiger charge is 2.35. The van der Waals surface area contributed by atoms with Gasteiger partial charge >= 0.3 is 0 Å². The van der Waals surface area contributed by atoms with E-state index >= 15 is 0 Å². The Morgan fingerprint density at radius 3 is 2.60 bits per heavy atom. The molecule has 1 atom stereocenters. The van der Waals surface area contributed by atoms with Crippen LogP contribution in [0.5, 0.6) is 0 Å². The number of aromatic nitrogens is 2. The van der Waals surface area contributed by atoms with E-state index in [1.807, 2.05) is 47.4 Å². The van der Waals surface area contributed by atoms with E-state index in [0.717, 1.165) is 27.0 Å². The number of nitrogens with zero attached hydrogens (tertiary/aromatic N) is 3. The van der Waals surface area contributed by atoms with Crippen molar-refractivity contribution in [2.45, 2.75) is 32.2 Å². The number of halogens is 1. The second kappa shape index (κ2) is 6.30. The van der Waals surface area contributed by atoms with Crippen LogP contribution < -0.4 is 4.90 Å². The van der Waals surface area contributed by atoms with E-state index in [1.165, 1.54) is 0 Å². The molecule has 0 spiro atoms. The predicted molar refractivity (Wildman–Crippen MR) is 104 cm³/mol. The number of fused-ring (bicyclic) bond motifs is 1. The van der Waals surface area contributed by atoms with E-state index < -0.39 is 0 Å². The van der Waals surface area contributed by atoms with Gasteiger partial charge in [-0.1, -0.05) is 24.3 Å². The number of rotatable bonds is 3. The van der Waals surface area contributed by atoms with Crippen LogP contribution in [0.3, 0.4) is 0 Å². The number of imidazole rings is 1. The molecule has 1 amide bonds. The molecule has 25 heavy (non-hydrogen) atoms. The van der Waals surface area contributed by atoms with Crippen LogP contribution in [0.2, 0.25) is 0 Å². The Balaban J connectivity index is 1.75. The fourth-order valence-electron chi connectivity index (χ4n) is 3.68. The number of anilines is 1. The maximum Gasteiger partial charge on any atom is 0.227 e. The van der Waals surface area contributed by atoms with Gasteiger partial charge in [-0.2, -0.15) is 0 Å². The van der Waals surface area contributed by atoms with Crippen molar-refractivity contribution in [1.82, 2.24) is 9.55 Å². The number of benzene rings is 2. The second-order valence-corrected chi connectivity index (χ2v) is 7.63. The third-order valence-corrected chi connectivity index (χ3v) is 5.44. The highest BCUT2D eigenvalue weighted by Crippen LogP contribution is 2.36. The van der Waals surface area contributed by atoms with Gasteiger partial charge in [0.05, 0.1) is 16.7 Å². The van der Waals surface area contributed by atoms with Crippen LogP contribution in [0.25, 0.3) is 11.0 Å². The molecule has 1 saturated heterocycles. The zero-order valence-electron chi connectivity index (χ0n) is 14.3. The molecule has 0 bridgehead atoms. The van der Waals surface area contributed by atoms with Gasteiger partial charge in [-0.3, -0.25) is 4.79 Å². The Morgan fingerprint density at radius 1 is 1.12 bits per heavy atom. The van der Waals surface area contributed by atoms with Gasteiger partial charge in [0.15, 0.2) is 0 Å². The van der Waals surface area contributed by atoms with Gasteiger partial charge in [0, 0.05) is 29.4 Å². The minimum Gasteiger partial charge on any atom is -0.325 e. The summed E-state index contributed by atoms with van der Waals surface area (Å²) in [5.74, 6) is 1.27. The molecule has 2 aromatic carbocycles. The van der Waals surface area contributed by atoms with Gasteiger partial charge in [0.25, 0.3) is 0 Å². The molecule has 4 nitrogen and oxygen atoms in total. The molecule has 1 aliphatic rings. The molecule has 4 rings (SSSR count). The van der Waals surface area contributed by atoms with Crippen molar-refractivity contribution in [2.24, 2.45) is 0 Å². The van der Waals surface area contributed by atoms with Crippen molar-refractivity contribution in [3.63, 3.8) is 0 Å². The lowest BCUT2D eigenvalue weighted by atomic mass is 10.1. The van der Waals surface area contributed by atoms with E-state index in [9.17, 15) is 4.79 Å². The van der Waals surface area contributed by atoms with Crippen molar-refractivity contribution in [3.05, 3.63) is 58.8 Å². The summed E-state index contributed by atoms with van der Waals surface area (Å²) < 4.78 is 3.22. The van der Waals surface area contributed by atoms with Crippen molar-refractivity contribution in [2.75, 3.05) is 11.4 Å². The van der Waals surface area contributed by atoms with Crippen molar-refractivity contribution in [3.8, 4) is 0 Å². The molecule has 1 fully saturated rings. The van der Waals surface area contributed by atoms with Crippen LogP contribution in [0.1, 0.15) is 38.1 Å². The summed E-state index contributed by atoms with van der Waals surface area (Å²) >= 11 is 3.56. The third kappa shape index (κ3) is 2.76. The Labute approximate surface area is 155 Å². The van der Waals surface area contributed by atoms with E-state index in [0.29, 0.717) is 19.0 Å². The van der Waals surface area contributed by atoms with E-state index in [-0.39, 0.29) is 11.8 Å². The molecule has 0 aliphatic carbocycles. The van der Waals surface area contributed by atoms with Gasteiger partial charge in [0.1, 0.15) is 5.82 Å². The number of hydrogen-bond donors (Lipinski definition) is 0. The zero-order chi connectivity index (χ0) is 17.6. The lowest BCUT2D eigenvalue weighted by Gasteiger charge is -2.19. The summed E-state index contributed by atoms with van der Waals surface area (Å²) in [4.78, 5) is 19.4. The molecule has 0 radical (unpaired) electrons. The Hall–Kier alpha value is -2.14. The first kappa shape index (κ1) is 16.3. The van der Waals surface area contributed by atoms with Crippen LogP contribution in [0.4, 0.5) is 5.69 Å². The van der Waals surface area contributed by atoms with Crippen molar-refractivity contribution >= 4 is 38.6 Å². The number of carbonyl (C=O) groups is 1. The molecule has 2 heterocycles. The summed E-state index contributed by atoms with van der Waals surface area (Å²) in [5.41, 5.74) is 3.07. The van der Waals surface area contributed by atoms with Crippen LogP contribution >= 0.6 is 15.9 Å². The molecular formula is C20H20BrN3O. The average molecular weight is 398 g/mol. The SMILES string of the molecule is CC(C)n1c(C2CC(=O)N(c3ccccc3Br)C2)nc2ccccc21. The maximum atomic E-state index is 12.7. The number of amides is 1. The summed E-state index contributed by atoms with van der Waals surface area (Å²) in [6.45, 7) is 5.00. The van der Waals surface area contributed by atoms with Gasteiger partial charge in [0.2, 0.25) is 5.91 Å². The summed E-state index contributed by atoms with van der Waals surface area (Å²) in [5, 5.41) is 0. The number of hydrogen-bond acceptors (Lipinski definition) is 2. The van der Waals surface area contributed by atoms with Crippen LogP contribution in [-0.2, 0) is 4.79 Å². The van der Waals surface area contributed by atoms with E-state index in [2.05, 4.69) is 40.4 Å². The standard InChI is InChI=1S/C20H20BrN3O/c1-13(2)24-18-10-6-4-8-16(18)22-20(24)14-11-19(25)23(12-14)17-9-5-3-7-15(17)21/h3-10,13-14H,11-12H2,1-2H3. The second-order valence-electron chi connectivity index (χ2n) is 6.78. The smallest absolute Gasteiger partial charge is 0.227 e. The lowest BCUT2D eigenvalue weighted by molar-refractivity contribution is -0.117. The summed E-state index contributed by atoms with van der Waals surface area (Å²) in [7, 11) is 0. The molecule has 1 unspecified atom stereocenters. The quantitative estimate of drug-likeness (QED) is 0.630. The molecule has 1 aliphatic heterocycles. The Kier molecular flexibility index (Phi) is 4.12. The molecular weight excluding hydrogens is 378 g/mol. The third-order valence-electron chi connectivity index (χ3n) is 4.77. The molecule has 0 saturated carbocycles. The summed E-state index contributed by atoms with van der Waals surface area (Å²) in [6.07, 6.45) is 0.497. The highest BCUT2D eigenvalue weighted by molar-refractivity contribution is 9.10. The highest BCUT2D eigenvalue weighted by atomic mass is 79.9.